The van der Waals surface area contributed by atoms with Crippen molar-refractivity contribution in [3.8, 4) is 0 Å². The van der Waals surface area contributed by atoms with E-state index in [9.17, 15) is 13.6 Å². The first-order chi connectivity index (χ1) is 18.3. The summed E-state index contributed by atoms with van der Waals surface area (Å²) in [5.74, 6) is -0.990. The van der Waals surface area contributed by atoms with Crippen LogP contribution in [0.5, 0.6) is 0 Å². The molecule has 3 nitrogen and oxygen atoms in total. The number of aliphatic imine (C=N–C) groups is 1. The van der Waals surface area contributed by atoms with Crippen LogP contribution in [0.2, 0.25) is 0 Å². The highest BCUT2D eigenvalue weighted by atomic mass is 19.1. The molecule has 1 N–H and O–H groups in total. The second-order valence-corrected chi connectivity index (χ2v) is 10.9. The highest BCUT2D eigenvalue weighted by molar-refractivity contribution is 6.04. The fourth-order valence-corrected chi connectivity index (χ4v) is 4.40. The van der Waals surface area contributed by atoms with E-state index in [1.165, 1.54) is 12.1 Å². The van der Waals surface area contributed by atoms with E-state index in [1.54, 1.807) is 7.05 Å². The van der Waals surface area contributed by atoms with Crippen molar-refractivity contribution in [1.82, 2.24) is 5.32 Å². The molecule has 0 saturated heterocycles. The molecule has 1 aromatic carbocycles. The van der Waals surface area contributed by atoms with Crippen molar-refractivity contribution in [2.45, 2.75) is 79.6 Å². The van der Waals surface area contributed by atoms with Gasteiger partial charge in [0.15, 0.2) is 5.78 Å². The van der Waals surface area contributed by atoms with Gasteiger partial charge in [0.05, 0.1) is 0 Å². The summed E-state index contributed by atoms with van der Waals surface area (Å²) in [6.45, 7) is 26.6. The van der Waals surface area contributed by atoms with Gasteiger partial charge >= 0.3 is 0 Å². The van der Waals surface area contributed by atoms with Gasteiger partial charge in [0.2, 0.25) is 0 Å². The number of benzene rings is 1. The van der Waals surface area contributed by atoms with Crippen LogP contribution in [0.3, 0.4) is 0 Å². The summed E-state index contributed by atoms with van der Waals surface area (Å²) in [6.07, 6.45) is 4.86. The van der Waals surface area contributed by atoms with E-state index >= 15 is 0 Å². The van der Waals surface area contributed by atoms with Crippen LogP contribution in [0.15, 0.2) is 82.4 Å². The molecule has 0 aliphatic heterocycles. The number of ketones is 1. The predicted molar refractivity (Wildman–Crippen MR) is 163 cm³/mol. The minimum atomic E-state index is -0.624. The lowest BCUT2D eigenvalue weighted by atomic mass is 9.83. The van der Waals surface area contributed by atoms with Crippen LogP contribution in [0.4, 0.5) is 8.78 Å². The van der Waals surface area contributed by atoms with Crippen LogP contribution in [0.1, 0.15) is 85.1 Å². The molecule has 0 bridgehead atoms. The predicted octanol–water partition coefficient (Wildman–Crippen LogP) is 8.86. The molecule has 0 aliphatic rings. The van der Waals surface area contributed by atoms with Crippen LogP contribution in [0, 0.1) is 17.6 Å². The van der Waals surface area contributed by atoms with Crippen LogP contribution < -0.4 is 5.32 Å². The van der Waals surface area contributed by atoms with Crippen LogP contribution >= 0.6 is 0 Å². The molecular weight excluding hydrogens is 490 g/mol. The normalized spacial score (nSPS) is 13.8. The number of nitrogens with one attached hydrogen (secondary N) is 1. The zero-order valence-electron chi connectivity index (χ0n) is 25.1. The minimum Gasteiger partial charge on any atom is -0.316 e. The average Bonchev–Trinajstić information content (AvgIpc) is 2.85. The molecular formula is C34H48F2N2O. The van der Waals surface area contributed by atoms with Crippen LogP contribution in [-0.4, -0.2) is 31.6 Å². The molecule has 0 radical (unpaired) electrons. The summed E-state index contributed by atoms with van der Waals surface area (Å²) in [5, 5.41) is 3.46. The van der Waals surface area contributed by atoms with Crippen LogP contribution in [-0.2, 0) is 4.79 Å². The Kier molecular flexibility index (Phi) is 14.8. The Bertz CT molecular complexity index is 1120. The van der Waals surface area contributed by atoms with Crippen molar-refractivity contribution in [2.75, 3.05) is 20.1 Å². The van der Waals surface area contributed by atoms with Crippen molar-refractivity contribution in [3.05, 3.63) is 94.6 Å². The number of carbonyl (C=O) groups excluding carboxylic acids is 1. The van der Waals surface area contributed by atoms with E-state index in [4.69, 9.17) is 0 Å². The minimum absolute atomic E-state index is 0.0100. The van der Waals surface area contributed by atoms with Gasteiger partial charge < -0.3 is 5.32 Å². The van der Waals surface area contributed by atoms with Crippen molar-refractivity contribution < 1.29 is 13.6 Å². The zero-order valence-corrected chi connectivity index (χ0v) is 25.1. The molecule has 0 saturated carbocycles. The first kappa shape index (κ1) is 34.1. The standard InChI is InChI=1S/C34H48F2N2O/c1-11-12-33(39)26(8)17-29(16-25(7)28-18-30(35)20-31(36)19-28)34(27(9)37-10)32(23(4)5)15-24(6)13-14-38-21-22(2)3/h16,18-20,22,25,38H,4,6,8,11-15,17,21H2,1-3,5,7,9-10H3/b29-16-,34-32+,37-27-. The third kappa shape index (κ3) is 11.8. The summed E-state index contributed by atoms with van der Waals surface area (Å²) < 4.78 is 28.1. The number of carbonyl (C=O) groups is 1. The molecule has 0 spiro atoms. The van der Waals surface area contributed by atoms with E-state index in [2.05, 4.69) is 43.9 Å². The monoisotopic (exact) mass is 538 g/mol. The van der Waals surface area contributed by atoms with Gasteiger partial charge in [-0.05, 0) is 92.5 Å². The summed E-state index contributed by atoms with van der Waals surface area (Å²) in [7, 11) is 1.73. The van der Waals surface area contributed by atoms with Gasteiger partial charge in [-0.15, -0.1) is 0 Å². The first-order valence-corrected chi connectivity index (χ1v) is 13.9. The van der Waals surface area contributed by atoms with Gasteiger partial charge in [0, 0.05) is 37.2 Å². The zero-order chi connectivity index (χ0) is 29.7. The third-order valence-electron chi connectivity index (χ3n) is 6.61. The summed E-state index contributed by atoms with van der Waals surface area (Å²) in [4.78, 5) is 17.3. The molecule has 0 heterocycles. The lowest BCUT2D eigenvalue weighted by Crippen LogP contribution is -2.21. The highest BCUT2D eigenvalue weighted by Gasteiger charge is 2.21. The number of allylic oxidation sites excluding steroid dienone is 6. The quantitative estimate of drug-likeness (QED) is 0.0707. The van der Waals surface area contributed by atoms with E-state index in [0.717, 1.165) is 65.6 Å². The second-order valence-electron chi connectivity index (χ2n) is 10.9. The Morgan fingerprint density at radius 2 is 1.64 bits per heavy atom. The van der Waals surface area contributed by atoms with E-state index in [1.807, 2.05) is 33.8 Å². The maximum Gasteiger partial charge on any atom is 0.158 e. The molecule has 5 heteroatoms. The summed E-state index contributed by atoms with van der Waals surface area (Å²) >= 11 is 0. The molecule has 1 aromatic rings. The topological polar surface area (TPSA) is 41.5 Å². The molecule has 0 aliphatic carbocycles. The van der Waals surface area contributed by atoms with E-state index in [-0.39, 0.29) is 11.7 Å². The van der Waals surface area contributed by atoms with Gasteiger partial charge in [-0.2, -0.15) is 0 Å². The van der Waals surface area contributed by atoms with Gasteiger partial charge in [0.25, 0.3) is 0 Å². The molecule has 0 fully saturated rings. The van der Waals surface area contributed by atoms with Crippen molar-refractivity contribution in [1.29, 1.82) is 0 Å². The number of rotatable bonds is 17. The number of hydrogen-bond acceptors (Lipinski definition) is 3. The fraction of sp³-hybridized carbons (Fsp3) is 0.471. The lowest BCUT2D eigenvalue weighted by molar-refractivity contribution is -0.115. The van der Waals surface area contributed by atoms with Crippen LogP contribution in [0.25, 0.3) is 0 Å². The lowest BCUT2D eigenvalue weighted by Gasteiger charge is -2.22. The summed E-state index contributed by atoms with van der Waals surface area (Å²) in [6, 6.07) is 3.55. The first-order valence-electron chi connectivity index (χ1n) is 13.9. The van der Waals surface area contributed by atoms with Gasteiger partial charge in [-0.25, -0.2) is 8.78 Å². The summed E-state index contributed by atoms with van der Waals surface area (Å²) in [5.41, 5.74) is 6.46. The van der Waals surface area contributed by atoms with Crippen molar-refractivity contribution in [3.63, 3.8) is 0 Å². The molecule has 1 rings (SSSR count). The molecule has 39 heavy (non-hydrogen) atoms. The molecule has 1 unspecified atom stereocenters. The van der Waals surface area contributed by atoms with Crippen molar-refractivity contribution >= 4 is 11.5 Å². The SMILES string of the molecule is C=C(CCNCC(C)C)C/C(C(=C)C)=C(C(=C/C(C)c1cc(F)cc(F)c1)\CC(=C)C(=O)CCC)/C(C)=N\C. The second kappa shape index (κ2) is 16.9. The van der Waals surface area contributed by atoms with Crippen molar-refractivity contribution in [2.24, 2.45) is 10.9 Å². The number of Topliss-reactive ketones (excluding diaryl/α,β-unsaturated/α-hetero) is 1. The molecule has 1 atom stereocenters. The third-order valence-corrected chi connectivity index (χ3v) is 6.61. The Morgan fingerprint density at radius 3 is 2.15 bits per heavy atom. The highest BCUT2D eigenvalue weighted by Crippen LogP contribution is 2.33. The largest absolute Gasteiger partial charge is 0.316 e. The Morgan fingerprint density at radius 1 is 1.03 bits per heavy atom. The number of hydrogen-bond donors (Lipinski definition) is 1. The van der Waals surface area contributed by atoms with Gasteiger partial charge in [-0.3, -0.25) is 9.79 Å². The fourth-order valence-electron chi connectivity index (χ4n) is 4.40. The molecule has 0 amide bonds. The average molecular weight is 539 g/mol. The van der Waals surface area contributed by atoms with Gasteiger partial charge in [0.1, 0.15) is 11.6 Å². The van der Waals surface area contributed by atoms with E-state index < -0.39 is 11.6 Å². The molecule has 0 aromatic heterocycles. The number of nitrogens with zero attached hydrogens (tertiary/aromatic N) is 1. The Labute approximate surface area is 235 Å². The Hall–Kier alpha value is -2.92. The number of halogens is 2. The maximum atomic E-state index is 14.0. The Balaban J connectivity index is 3.66. The maximum absolute atomic E-state index is 14.0. The molecule has 214 valence electrons. The van der Waals surface area contributed by atoms with E-state index in [0.29, 0.717) is 36.3 Å². The van der Waals surface area contributed by atoms with Gasteiger partial charge in [-0.1, -0.05) is 64.7 Å². The smallest absolute Gasteiger partial charge is 0.158 e.